The number of ether oxygens (including phenoxy) is 1. The van der Waals surface area contributed by atoms with Crippen LogP contribution >= 0.6 is 15.9 Å². The van der Waals surface area contributed by atoms with Crippen molar-refractivity contribution < 1.29 is 22.8 Å². The minimum absolute atomic E-state index is 0.251. The van der Waals surface area contributed by atoms with Gasteiger partial charge in [-0.25, -0.2) is 0 Å². The zero-order valence-corrected chi connectivity index (χ0v) is 12.4. The maximum absolute atomic E-state index is 12.2. The molecule has 0 aliphatic heterocycles. The Morgan fingerprint density at radius 1 is 1.57 bits per heavy atom. The average molecular weight is 395 g/mol. The molecule has 0 radical (unpaired) electrons. The van der Waals surface area contributed by atoms with Crippen LogP contribution in [0.25, 0.3) is 0 Å². The van der Waals surface area contributed by atoms with Gasteiger partial charge in [0.05, 0.1) is 15.5 Å². The molecule has 0 aliphatic rings. The molecule has 0 saturated carbocycles. The third-order valence-electron chi connectivity index (χ3n) is 2.12. The molecule has 9 nitrogen and oxygen atoms in total. The molecule has 0 amide bonds. The van der Waals surface area contributed by atoms with Crippen LogP contribution in [0.1, 0.15) is 0 Å². The molecule has 0 bridgehead atoms. The van der Waals surface area contributed by atoms with Crippen molar-refractivity contribution in [3.63, 3.8) is 0 Å². The molecule has 0 fully saturated rings. The molecular formula is C10H6BrF3N6O3. The van der Waals surface area contributed by atoms with Crippen LogP contribution < -0.4 is 15.9 Å². The number of alkyl halides is 3. The number of nitro benzene ring substituents is 1. The minimum Gasteiger partial charge on any atom is -0.404 e. The van der Waals surface area contributed by atoms with Crippen LogP contribution in [0.4, 0.5) is 24.5 Å². The smallest absolute Gasteiger partial charge is 0.404 e. The fraction of sp³-hybridized carbons (Fsp3) is 0.100. The SMILES string of the molecule is N#C/C(=N\Nc1cc(Br)c(OC(F)(F)F)cc1[N+](=O)[O-])C(=N)N. The summed E-state index contributed by atoms with van der Waals surface area (Å²) in [6, 6.07) is 2.88. The molecule has 1 aromatic carbocycles. The second-order valence-corrected chi connectivity index (χ2v) is 4.56. The van der Waals surface area contributed by atoms with Crippen molar-refractivity contribution in [1.82, 2.24) is 0 Å². The Balaban J connectivity index is 3.29. The van der Waals surface area contributed by atoms with Crippen molar-refractivity contribution in [3.8, 4) is 11.8 Å². The number of nitrogens with zero attached hydrogens (tertiary/aromatic N) is 3. The van der Waals surface area contributed by atoms with Crippen molar-refractivity contribution in [3.05, 3.63) is 26.7 Å². The summed E-state index contributed by atoms with van der Waals surface area (Å²) in [4.78, 5) is 9.95. The normalized spacial score (nSPS) is 11.5. The average Bonchev–Trinajstić information content (AvgIpc) is 2.40. The van der Waals surface area contributed by atoms with Crippen molar-refractivity contribution >= 4 is 38.9 Å². The largest absolute Gasteiger partial charge is 0.573 e. The van der Waals surface area contributed by atoms with E-state index >= 15 is 0 Å². The zero-order chi connectivity index (χ0) is 17.8. The lowest BCUT2D eigenvalue weighted by atomic mass is 10.2. The molecule has 0 atom stereocenters. The summed E-state index contributed by atoms with van der Waals surface area (Å²) in [6.07, 6.45) is -5.04. The van der Waals surface area contributed by atoms with Gasteiger partial charge in [0.15, 0.2) is 11.6 Å². The first-order valence-electron chi connectivity index (χ1n) is 5.37. The van der Waals surface area contributed by atoms with E-state index < -0.39 is 34.3 Å². The first kappa shape index (κ1) is 18.2. The third kappa shape index (κ3) is 5.11. The number of nitriles is 1. The van der Waals surface area contributed by atoms with Crippen molar-refractivity contribution in [1.29, 1.82) is 10.7 Å². The van der Waals surface area contributed by atoms with E-state index in [1.54, 1.807) is 0 Å². The molecule has 13 heteroatoms. The predicted molar refractivity (Wildman–Crippen MR) is 76.1 cm³/mol. The molecule has 0 heterocycles. The van der Waals surface area contributed by atoms with E-state index in [2.05, 4.69) is 31.2 Å². The quantitative estimate of drug-likeness (QED) is 0.302. The monoisotopic (exact) mass is 394 g/mol. The Bertz CT molecular complexity index is 728. The van der Waals surface area contributed by atoms with Gasteiger partial charge in [-0.15, -0.1) is 13.2 Å². The highest BCUT2D eigenvalue weighted by molar-refractivity contribution is 9.10. The fourth-order valence-electron chi connectivity index (χ4n) is 1.25. The summed E-state index contributed by atoms with van der Waals surface area (Å²) in [5.41, 5.74) is 5.43. The third-order valence-corrected chi connectivity index (χ3v) is 2.74. The maximum Gasteiger partial charge on any atom is 0.573 e. The van der Waals surface area contributed by atoms with Crippen molar-refractivity contribution in [2.75, 3.05) is 5.43 Å². The van der Waals surface area contributed by atoms with E-state index in [0.717, 1.165) is 6.07 Å². The van der Waals surface area contributed by atoms with E-state index in [1.165, 1.54) is 6.07 Å². The topological polar surface area (TPSA) is 150 Å². The van der Waals surface area contributed by atoms with Crippen molar-refractivity contribution in [2.45, 2.75) is 6.36 Å². The summed E-state index contributed by atoms with van der Waals surface area (Å²) in [5, 5.41) is 30.0. The molecule has 1 rings (SSSR count). The second-order valence-electron chi connectivity index (χ2n) is 3.70. The van der Waals surface area contributed by atoms with Crippen LogP contribution in [0, 0.1) is 26.9 Å². The molecule has 23 heavy (non-hydrogen) atoms. The standard InChI is InChI=1S/C10H6BrF3N6O3/c11-4-1-5(18-19-6(3-15)9(16)17)7(20(21)22)2-8(4)23-10(12,13)14/h1-2,18H,(H3,16,17)/b19-6+. The van der Waals surface area contributed by atoms with E-state index in [4.69, 9.17) is 16.4 Å². The van der Waals surface area contributed by atoms with Crippen LogP contribution in [-0.4, -0.2) is 22.8 Å². The van der Waals surface area contributed by atoms with Crippen LogP contribution in [0.15, 0.2) is 21.7 Å². The fourth-order valence-corrected chi connectivity index (χ4v) is 1.67. The van der Waals surface area contributed by atoms with Gasteiger partial charge in [-0.2, -0.15) is 10.4 Å². The second kappa shape index (κ2) is 6.92. The number of anilines is 1. The van der Waals surface area contributed by atoms with Gasteiger partial charge in [-0.3, -0.25) is 20.9 Å². The molecule has 4 N–H and O–H groups in total. The van der Waals surface area contributed by atoms with Crippen LogP contribution in [0.2, 0.25) is 0 Å². The highest BCUT2D eigenvalue weighted by Crippen LogP contribution is 2.38. The molecule has 122 valence electrons. The highest BCUT2D eigenvalue weighted by atomic mass is 79.9. The Morgan fingerprint density at radius 2 is 2.17 bits per heavy atom. The van der Waals surface area contributed by atoms with Gasteiger partial charge in [-0.05, 0) is 22.0 Å². The van der Waals surface area contributed by atoms with Crippen LogP contribution in [0.5, 0.6) is 5.75 Å². The Kier molecular flexibility index (Phi) is 5.47. The molecule has 1 aromatic rings. The number of nitro groups is 1. The Hall–Kier alpha value is -2.88. The number of benzene rings is 1. The summed E-state index contributed by atoms with van der Waals surface area (Å²) in [7, 11) is 0. The lowest BCUT2D eigenvalue weighted by molar-refractivity contribution is -0.384. The number of halogens is 4. The van der Waals surface area contributed by atoms with Gasteiger partial charge in [-0.1, -0.05) is 0 Å². The van der Waals surface area contributed by atoms with Crippen LogP contribution in [-0.2, 0) is 0 Å². The van der Waals surface area contributed by atoms with Gasteiger partial charge >= 0.3 is 6.36 Å². The van der Waals surface area contributed by atoms with Gasteiger partial charge in [0.2, 0.25) is 5.71 Å². The molecule has 0 spiro atoms. The summed E-state index contributed by atoms with van der Waals surface area (Å²) in [6.45, 7) is 0. The van der Waals surface area contributed by atoms with Crippen molar-refractivity contribution in [2.24, 2.45) is 10.8 Å². The lowest BCUT2D eigenvalue weighted by Crippen LogP contribution is -2.22. The first-order chi connectivity index (χ1) is 10.5. The lowest BCUT2D eigenvalue weighted by Gasteiger charge is -2.12. The maximum atomic E-state index is 12.2. The Morgan fingerprint density at radius 3 is 2.61 bits per heavy atom. The highest BCUT2D eigenvalue weighted by Gasteiger charge is 2.33. The molecule has 0 aromatic heterocycles. The van der Waals surface area contributed by atoms with Gasteiger partial charge in [0.1, 0.15) is 11.8 Å². The summed E-state index contributed by atoms with van der Waals surface area (Å²) >= 11 is 2.77. The molecule has 0 unspecified atom stereocenters. The number of amidine groups is 1. The zero-order valence-electron chi connectivity index (χ0n) is 10.8. The van der Waals surface area contributed by atoms with E-state index in [9.17, 15) is 23.3 Å². The number of hydrogen-bond donors (Lipinski definition) is 3. The Labute approximate surface area is 134 Å². The minimum atomic E-state index is -5.04. The molecule has 0 saturated heterocycles. The number of hydrazone groups is 1. The predicted octanol–water partition coefficient (Wildman–Crippen LogP) is 2.48. The van der Waals surface area contributed by atoms with Crippen LogP contribution in [0.3, 0.4) is 0 Å². The number of nitrogens with two attached hydrogens (primary N) is 1. The number of rotatable bonds is 5. The molecule has 0 aliphatic carbocycles. The van der Waals surface area contributed by atoms with E-state index in [1.807, 2.05) is 0 Å². The van der Waals surface area contributed by atoms with E-state index in [0.29, 0.717) is 6.07 Å². The summed E-state index contributed by atoms with van der Waals surface area (Å²) < 4.78 is 40.0. The van der Waals surface area contributed by atoms with Gasteiger partial charge in [0.25, 0.3) is 5.69 Å². The van der Waals surface area contributed by atoms with E-state index in [-0.39, 0.29) is 10.2 Å². The summed E-state index contributed by atoms with van der Waals surface area (Å²) in [5.74, 6) is -1.52. The van der Waals surface area contributed by atoms with Gasteiger partial charge < -0.3 is 10.5 Å². The molecular weight excluding hydrogens is 389 g/mol. The first-order valence-corrected chi connectivity index (χ1v) is 6.16. The van der Waals surface area contributed by atoms with Gasteiger partial charge in [0, 0.05) is 0 Å². The number of hydrogen-bond acceptors (Lipinski definition) is 7. The number of nitrogens with one attached hydrogen (secondary N) is 2.